The summed E-state index contributed by atoms with van der Waals surface area (Å²) in [7, 11) is -1.78. The van der Waals surface area contributed by atoms with Crippen molar-refractivity contribution in [1.29, 1.82) is 0 Å². The van der Waals surface area contributed by atoms with Crippen molar-refractivity contribution in [3.63, 3.8) is 0 Å². The fraction of sp³-hybridized carbons (Fsp3) is 0.900. The average Bonchev–Trinajstić information content (AvgIpc) is 2.44. The molecular formula is C10H21N3O4S2. The first-order valence-corrected chi connectivity index (χ1v) is 8.89. The molecule has 1 rings (SSSR count). The number of methoxy groups -OCH3 is 1. The molecule has 1 aliphatic heterocycles. The van der Waals surface area contributed by atoms with Crippen molar-refractivity contribution < 1.29 is 17.9 Å². The largest absolute Gasteiger partial charge is 0.383 e. The Kier molecular flexibility index (Phi) is 6.54. The highest BCUT2D eigenvalue weighted by molar-refractivity contribution is 8.01. The summed E-state index contributed by atoms with van der Waals surface area (Å²) >= 11 is 1.58. The molecule has 0 aromatic heterocycles. The van der Waals surface area contributed by atoms with Gasteiger partial charge in [-0.05, 0) is 0 Å². The molecule has 0 bridgehead atoms. The summed E-state index contributed by atoms with van der Waals surface area (Å²) in [5.74, 6) is 6.04. The number of rotatable bonds is 6. The van der Waals surface area contributed by atoms with E-state index in [1.165, 1.54) is 7.11 Å². The van der Waals surface area contributed by atoms with Gasteiger partial charge in [0.25, 0.3) is 5.91 Å². The van der Waals surface area contributed by atoms with E-state index in [-0.39, 0.29) is 12.4 Å². The van der Waals surface area contributed by atoms with Gasteiger partial charge in [0, 0.05) is 30.9 Å². The lowest BCUT2D eigenvalue weighted by molar-refractivity contribution is -0.128. The summed E-state index contributed by atoms with van der Waals surface area (Å²) in [5.41, 5.74) is 2.07. The zero-order valence-electron chi connectivity index (χ0n) is 11.2. The van der Waals surface area contributed by atoms with Crippen molar-refractivity contribution in [2.45, 2.75) is 18.3 Å². The maximum Gasteiger partial charge on any atom is 0.253 e. The lowest BCUT2D eigenvalue weighted by Gasteiger charge is -2.38. The number of nitrogens with one attached hydrogen (secondary N) is 1. The molecule has 112 valence electrons. The van der Waals surface area contributed by atoms with Gasteiger partial charge in [-0.3, -0.25) is 15.1 Å². The van der Waals surface area contributed by atoms with Crippen LogP contribution in [-0.2, 0) is 19.4 Å². The molecule has 1 amide bonds. The highest BCUT2D eigenvalue weighted by Gasteiger charge is 2.39. The summed E-state index contributed by atoms with van der Waals surface area (Å²) in [6.45, 7) is 2.25. The number of thioether (sulfide) groups is 1. The van der Waals surface area contributed by atoms with Crippen LogP contribution in [0.2, 0.25) is 0 Å². The number of nitrogens with zero attached hydrogens (tertiary/aromatic N) is 1. The molecule has 3 N–H and O–H groups in total. The molecule has 0 aromatic rings. The van der Waals surface area contributed by atoms with Crippen molar-refractivity contribution in [2.75, 3.05) is 37.5 Å². The third-order valence-electron chi connectivity index (χ3n) is 3.11. The SMILES string of the molecule is CCS(=O)(=O)C1CSCCN1C(COC)C(=O)NN. The lowest BCUT2D eigenvalue weighted by atomic mass is 10.2. The molecule has 2 unspecified atom stereocenters. The highest BCUT2D eigenvalue weighted by atomic mass is 32.2. The number of ether oxygens (including phenoxy) is 1. The number of hydrazine groups is 1. The van der Waals surface area contributed by atoms with E-state index in [9.17, 15) is 13.2 Å². The van der Waals surface area contributed by atoms with Crippen molar-refractivity contribution >= 4 is 27.5 Å². The van der Waals surface area contributed by atoms with E-state index >= 15 is 0 Å². The minimum absolute atomic E-state index is 0.0542. The molecule has 19 heavy (non-hydrogen) atoms. The Hall–Kier alpha value is -0.350. The first-order valence-electron chi connectivity index (χ1n) is 6.02. The average molecular weight is 311 g/mol. The highest BCUT2D eigenvalue weighted by Crippen LogP contribution is 2.23. The van der Waals surface area contributed by atoms with Gasteiger partial charge < -0.3 is 4.74 Å². The number of nitrogens with two attached hydrogens (primary N) is 1. The number of sulfone groups is 1. The second kappa shape index (κ2) is 7.44. The van der Waals surface area contributed by atoms with Crippen LogP contribution in [0.15, 0.2) is 0 Å². The minimum Gasteiger partial charge on any atom is -0.383 e. The smallest absolute Gasteiger partial charge is 0.253 e. The second-order valence-electron chi connectivity index (χ2n) is 4.20. The molecule has 1 heterocycles. The Morgan fingerprint density at radius 1 is 1.63 bits per heavy atom. The summed E-state index contributed by atoms with van der Waals surface area (Å²) < 4.78 is 29.3. The maximum atomic E-state index is 12.1. The summed E-state index contributed by atoms with van der Waals surface area (Å²) in [5, 5.41) is -0.659. The first-order chi connectivity index (χ1) is 8.97. The van der Waals surface area contributed by atoms with E-state index in [2.05, 4.69) is 5.43 Å². The predicted octanol–water partition coefficient (Wildman–Crippen LogP) is -1.20. The molecule has 9 heteroatoms. The Labute approximate surface area is 118 Å². The van der Waals surface area contributed by atoms with E-state index in [4.69, 9.17) is 10.6 Å². The number of carbonyl (C=O) groups is 1. The number of amides is 1. The standard InChI is InChI=1S/C10H21N3O4S2/c1-3-19(15,16)9-7-18-5-4-13(9)8(6-17-2)10(14)12-11/h8-9H,3-7,11H2,1-2H3,(H,12,14). The zero-order valence-corrected chi connectivity index (χ0v) is 12.8. The molecule has 1 saturated heterocycles. The van der Waals surface area contributed by atoms with Crippen LogP contribution in [0, 0.1) is 0 Å². The fourth-order valence-electron chi connectivity index (χ4n) is 2.03. The van der Waals surface area contributed by atoms with Crippen LogP contribution < -0.4 is 11.3 Å². The Morgan fingerprint density at radius 3 is 2.84 bits per heavy atom. The predicted molar refractivity (Wildman–Crippen MR) is 75.3 cm³/mol. The van der Waals surface area contributed by atoms with Gasteiger partial charge in [0.1, 0.15) is 11.4 Å². The molecule has 0 aromatic carbocycles. The minimum atomic E-state index is -3.25. The van der Waals surface area contributed by atoms with Gasteiger partial charge in [-0.15, -0.1) is 0 Å². The van der Waals surface area contributed by atoms with Crippen molar-refractivity contribution in [3.05, 3.63) is 0 Å². The van der Waals surface area contributed by atoms with Gasteiger partial charge >= 0.3 is 0 Å². The van der Waals surface area contributed by atoms with Gasteiger partial charge in [0.2, 0.25) is 0 Å². The monoisotopic (exact) mass is 311 g/mol. The third-order valence-corrected chi connectivity index (χ3v) is 6.42. The normalized spacial score (nSPS) is 23.0. The molecule has 0 radical (unpaired) electrons. The molecule has 1 fully saturated rings. The van der Waals surface area contributed by atoms with Gasteiger partial charge in [-0.2, -0.15) is 11.8 Å². The molecule has 0 aliphatic carbocycles. The van der Waals surface area contributed by atoms with Crippen LogP contribution in [0.25, 0.3) is 0 Å². The Bertz CT molecular complexity index is 402. The first kappa shape index (κ1) is 16.7. The van der Waals surface area contributed by atoms with E-state index in [1.807, 2.05) is 0 Å². The van der Waals surface area contributed by atoms with Crippen LogP contribution in [0.5, 0.6) is 0 Å². The second-order valence-corrected chi connectivity index (χ2v) is 7.80. The third kappa shape index (κ3) is 4.06. The van der Waals surface area contributed by atoms with Crippen LogP contribution in [0.3, 0.4) is 0 Å². The van der Waals surface area contributed by atoms with Crippen LogP contribution >= 0.6 is 11.8 Å². The summed E-state index contributed by atoms with van der Waals surface area (Å²) in [6.07, 6.45) is 0. The zero-order chi connectivity index (χ0) is 14.5. The summed E-state index contributed by atoms with van der Waals surface area (Å²) in [6, 6.07) is -0.678. The van der Waals surface area contributed by atoms with Crippen molar-refractivity contribution in [2.24, 2.45) is 5.84 Å². The van der Waals surface area contributed by atoms with E-state index in [0.29, 0.717) is 12.3 Å². The lowest BCUT2D eigenvalue weighted by Crippen LogP contribution is -2.59. The molecule has 1 aliphatic rings. The van der Waals surface area contributed by atoms with Crippen LogP contribution in [0.1, 0.15) is 6.92 Å². The van der Waals surface area contributed by atoms with E-state index < -0.39 is 27.2 Å². The van der Waals surface area contributed by atoms with Crippen molar-refractivity contribution in [1.82, 2.24) is 10.3 Å². The molecule has 0 spiro atoms. The van der Waals surface area contributed by atoms with Crippen LogP contribution in [-0.4, -0.2) is 68.2 Å². The van der Waals surface area contributed by atoms with E-state index in [0.717, 1.165) is 5.75 Å². The van der Waals surface area contributed by atoms with Gasteiger partial charge in [0.05, 0.1) is 6.61 Å². The number of hydrogen-bond acceptors (Lipinski definition) is 7. The Balaban J connectivity index is 2.99. The Morgan fingerprint density at radius 2 is 2.32 bits per heavy atom. The molecule has 0 saturated carbocycles. The number of hydrogen-bond donors (Lipinski definition) is 2. The maximum absolute atomic E-state index is 12.1. The fourth-order valence-corrected chi connectivity index (χ4v) is 5.10. The van der Waals surface area contributed by atoms with Crippen molar-refractivity contribution in [3.8, 4) is 0 Å². The van der Waals surface area contributed by atoms with Gasteiger partial charge in [-0.1, -0.05) is 6.92 Å². The van der Waals surface area contributed by atoms with Gasteiger partial charge in [0.15, 0.2) is 9.84 Å². The number of carbonyl (C=O) groups excluding carboxylic acids is 1. The molecule has 2 atom stereocenters. The molecule has 7 nitrogen and oxygen atoms in total. The summed E-state index contributed by atoms with van der Waals surface area (Å²) in [4.78, 5) is 13.5. The molecular weight excluding hydrogens is 290 g/mol. The van der Waals surface area contributed by atoms with Crippen LogP contribution in [0.4, 0.5) is 0 Å². The topological polar surface area (TPSA) is 102 Å². The quantitative estimate of drug-likeness (QED) is 0.361. The van der Waals surface area contributed by atoms with Gasteiger partial charge in [-0.25, -0.2) is 14.3 Å². The van der Waals surface area contributed by atoms with E-state index in [1.54, 1.807) is 23.6 Å².